The third kappa shape index (κ3) is 6.19. The number of likely N-dealkylation sites (tertiary alicyclic amines) is 1. The lowest BCUT2D eigenvalue weighted by Gasteiger charge is -2.35. The summed E-state index contributed by atoms with van der Waals surface area (Å²) in [6.45, 7) is 2.89. The van der Waals surface area contributed by atoms with Gasteiger partial charge in [-0.25, -0.2) is 4.98 Å². The molecule has 34 heavy (non-hydrogen) atoms. The van der Waals surface area contributed by atoms with E-state index in [2.05, 4.69) is 53.3 Å². The van der Waals surface area contributed by atoms with Crippen LogP contribution >= 0.6 is 0 Å². The number of carbonyl (C=O) groups is 1. The van der Waals surface area contributed by atoms with E-state index in [0.717, 1.165) is 68.6 Å². The van der Waals surface area contributed by atoms with Crippen LogP contribution in [0.2, 0.25) is 0 Å². The number of hydrogen-bond acceptors (Lipinski definition) is 4. The molecule has 1 aliphatic heterocycles. The minimum atomic E-state index is 0.0271. The number of nitrogens with one attached hydrogen (secondary N) is 1. The predicted octanol–water partition coefficient (Wildman–Crippen LogP) is 5.45. The van der Waals surface area contributed by atoms with E-state index in [9.17, 15) is 4.79 Å². The molecule has 1 aliphatic rings. The van der Waals surface area contributed by atoms with Crippen LogP contribution in [0.1, 0.15) is 60.6 Å². The van der Waals surface area contributed by atoms with E-state index in [0.29, 0.717) is 5.69 Å². The minimum absolute atomic E-state index is 0.0271. The Morgan fingerprint density at radius 2 is 2.00 bits per heavy atom. The molecule has 4 rings (SSSR count). The number of imidazole rings is 1. The van der Waals surface area contributed by atoms with Crippen molar-refractivity contribution in [2.45, 2.75) is 64.0 Å². The molecule has 0 aliphatic carbocycles. The molecule has 1 N–H and O–H groups in total. The first-order valence-corrected chi connectivity index (χ1v) is 12.3. The number of aromatic amines is 1. The maximum Gasteiger partial charge on any atom is 0.272 e. The van der Waals surface area contributed by atoms with Gasteiger partial charge in [-0.2, -0.15) is 0 Å². The molecule has 0 radical (unpaired) electrons. The summed E-state index contributed by atoms with van der Waals surface area (Å²) in [6.07, 6.45) is 10.3. The smallest absolute Gasteiger partial charge is 0.272 e. The largest absolute Gasteiger partial charge is 0.493 e. The van der Waals surface area contributed by atoms with Crippen molar-refractivity contribution in [1.29, 1.82) is 0 Å². The number of methoxy groups -OCH3 is 1. The molecule has 2 unspecified atom stereocenters. The molecule has 1 fully saturated rings. The Hall–Kier alpha value is -3.28. The van der Waals surface area contributed by atoms with Crippen LogP contribution in [-0.4, -0.2) is 46.6 Å². The summed E-state index contributed by atoms with van der Waals surface area (Å²) in [4.78, 5) is 21.9. The van der Waals surface area contributed by atoms with Crippen LogP contribution in [0.25, 0.3) is 0 Å². The van der Waals surface area contributed by atoms with Gasteiger partial charge in [0, 0.05) is 12.6 Å². The molecule has 2 aromatic carbocycles. The van der Waals surface area contributed by atoms with Crippen molar-refractivity contribution in [3.05, 3.63) is 77.9 Å². The first kappa shape index (κ1) is 23.9. The third-order valence-corrected chi connectivity index (χ3v) is 6.56. The lowest BCUT2D eigenvalue weighted by atomic mass is 9.95. The van der Waals surface area contributed by atoms with E-state index < -0.39 is 0 Å². The van der Waals surface area contributed by atoms with Gasteiger partial charge in [-0.15, -0.1) is 0 Å². The maximum atomic E-state index is 13.0. The Bertz CT molecular complexity index is 1040. The number of carbonyl (C=O) groups excluding carboxylic acids is 1. The van der Waals surface area contributed by atoms with Crippen LogP contribution in [-0.2, 0) is 12.8 Å². The van der Waals surface area contributed by atoms with Gasteiger partial charge in [0.25, 0.3) is 5.91 Å². The van der Waals surface area contributed by atoms with E-state index in [4.69, 9.17) is 9.47 Å². The zero-order chi connectivity index (χ0) is 23.8. The van der Waals surface area contributed by atoms with E-state index in [1.807, 2.05) is 17.0 Å². The molecule has 1 aromatic heterocycles. The second kappa shape index (κ2) is 11.7. The number of nitrogens with zero attached hydrogens (tertiary/aromatic N) is 2. The van der Waals surface area contributed by atoms with Gasteiger partial charge in [-0.1, -0.05) is 36.4 Å². The minimum Gasteiger partial charge on any atom is -0.493 e. The lowest BCUT2D eigenvalue weighted by Crippen LogP contribution is -2.45. The monoisotopic (exact) mass is 461 g/mol. The van der Waals surface area contributed by atoms with E-state index in [1.165, 1.54) is 5.56 Å². The average molecular weight is 462 g/mol. The van der Waals surface area contributed by atoms with Crippen LogP contribution in [0.15, 0.2) is 61.1 Å². The molecule has 1 saturated heterocycles. The van der Waals surface area contributed by atoms with Crippen LogP contribution in [0, 0.1) is 0 Å². The van der Waals surface area contributed by atoms with Crippen molar-refractivity contribution < 1.29 is 14.3 Å². The van der Waals surface area contributed by atoms with Crippen molar-refractivity contribution in [1.82, 2.24) is 14.9 Å². The van der Waals surface area contributed by atoms with Gasteiger partial charge in [0.05, 0.1) is 25.7 Å². The summed E-state index contributed by atoms with van der Waals surface area (Å²) in [5.41, 5.74) is 3.06. The van der Waals surface area contributed by atoms with Gasteiger partial charge in [-0.3, -0.25) is 4.79 Å². The second-order valence-electron chi connectivity index (χ2n) is 9.11. The van der Waals surface area contributed by atoms with Crippen molar-refractivity contribution in [3.63, 3.8) is 0 Å². The first-order valence-electron chi connectivity index (χ1n) is 12.3. The SMILES string of the molecule is COc1ccc(CC2CCCCN2C(=O)c2cnc[nH]2)cc1OC(C)CCCc1ccccc1. The van der Waals surface area contributed by atoms with E-state index in [1.54, 1.807) is 19.6 Å². The van der Waals surface area contributed by atoms with Gasteiger partial charge in [-0.05, 0) is 75.1 Å². The molecule has 1 amide bonds. The van der Waals surface area contributed by atoms with Gasteiger partial charge in [0.15, 0.2) is 11.5 Å². The lowest BCUT2D eigenvalue weighted by molar-refractivity contribution is 0.0608. The number of H-pyrrole nitrogens is 1. The number of rotatable bonds is 10. The molecule has 3 aromatic rings. The summed E-state index contributed by atoms with van der Waals surface area (Å²) in [7, 11) is 1.67. The summed E-state index contributed by atoms with van der Waals surface area (Å²) >= 11 is 0. The quantitative estimate of drug-likeness (QED) is 0.436. The molecule has 2 atom stereocenters. The number of benzene rings is 2. The van der Waals surface area contributed by atoms with Gasteiger partial charge in [0.2, 0.25) is 0 Å². The average Bonchev–Trinajstić information content (AvgIpc) is 3.40. The third-order valence-electron chi connectivity index (χ3n) is 6.56. The normalized spacial score (nSPS) is 16.8. The van der Waals surface area contributed by atoms with Crippen molar-refractivity contribution in [2.75, 3.05) is 13.7 Å². The van der Waals surface area contributed by atoms with Crippen molar-refractivity contribution in [3.8, 4) is 11.5 Å². The van der Waals surface area contributed by atoms with E-state index >= 15 is 0 Å². The fourth-order valence-corrected chi connectivity index (χ4v) is 4.73. The highest BCUT2D eigenvalue weighted by Crippen LogP contribution is 2.31. The standard InChI is InChI=1S/C28H35N3O3/c1-21(9-8-12-22-10-4-3-5-11-22)34-27-18-23(14-15-26(27)33-2)17-24-13-6-7-16-31(24)28(32)25-19-29-20-30-25/h3-5,10-11,14-15,18-21,24H,6-9,12-13,16-17H2,1-2H3,(H,29,30). The Labute approximate surface area is 202 Å². The summed E-state index contributed by atoms with van der Waals surface area (Å²) in [6, 6.07) is 16.9. The number of aryl methyl sites for hydroxylation is 1. The second-order valence-corrected chi connectivity index (χ2v) is 9.11. The van der Waals surface area contributed by atoms with Crippen molar-refractivity contribution >= 4 is 5.91 Å². The Morgan fingerprint density at radius 1 is 1.15 bits per heavy atom. The topological polar surface area (TPSA) is 67.5 Å². The Balaban J connectivity index is 1.39. The maximum absolute atomic E-state index is 13.0. The fraction of sp³-hybridized carbons (Fsp3) is 0.429. The van der Waals surface area contributed by atoms with Crippen LogP contribution in [0.4, 0.5) is 0 Å². The molecule has 2 heterocycles. The zero-order valence-corrected chi connectivity index (χ0v) is 20.2. The number of aromatic nitrogens is 2. The first-order chi connectivity index (χ1) is 16.6. The summed E-state index contributed by atoms with van der Waals surface area (Å²) in [5.74, 6) is 1.54. The highest BCUT2D eigenvalue weighted by atomic mass is 16.5. The molecular formula is C28H35N3O3. The van der Waals surface area contributed by atoms with Gasteiger partial charge < -0.3 is 19.4 Å². The van der Waals surface area contributed by atoms with Crippen LogP contribution < -0.4 is 9.47 Å². The van der Waals surface area contributed by atoms with Crippen molar-refractivity contribution in [2.24, 2.45) is 0 Å². The summed E-state index contributed by atoms with van der Waals surface area (Å²) in [5, 5.41) is 0. The number of hydrogen-bond donors (Lipinski definition) is 1. The molecule has 0 saturated carbocycles. The highest BCUT2D eigenvalue weighted by molar-refractivity contribution is 5.92. The molecule has 6 heteroatoms. The number of amides is 1. The highest BCUT2D eigenvalue weighted by Gasteiger charge is 2.28. The molecule has 0 bridgehead atoms. The van der Waals surface area contributed by atoms with Crippen LogP contribution in [0.3, 0.4) is 0 Å². The molecule has 180 valence electrons. The number of ether oxygens (including phenoxy) is 2. The molecule has 0 spiro atoms. The van der Waals surface area contributed by atoms with Gasteiger partial charge in [0.1, 0.15) is 5.69 Å². The molecule has 6 nitrogen and oxygen atoms in total. The van der Waals surface area contributed by atoms with E-state index in [-0.39, 0.29) is 18.1 Å². The fourth-order valence-electron chi connectivity index (χ4n) is 4.73. The Kier molecular flexibility index (Phi) is 8.23. The van der Waals surface area contributed by atoms with Gasteiger partial charge >= 0.3 is 0 Å². The Morgan fingerprint density at radius 3 is 2.76 bits per heavy atom. The number of piperidine rings is 1. The van der Waals surface area contributed by atoms with Crippen LogP contribution in [0.5, 0.6) is 11.5 Å². The molecular weight excluding hydrogens is 426 g/mol. The summed E-state index contributed by atoms with van der Waals surface area (Å²) < 4.78 is 11.9. The predicted molar refractivity (Wildman–Crippen MR) is 133 cm³/mol. The zero-order valence-electron chi connectivity index (χ0n) is 20.2.